The lowest BCUT2D eigenvalue weighted by atomic mass is 10.00. The van der Waals surface area contributed by atoms with Crippen molar-refractivity contribution < 1.29 is 17.9 Å². The second-order valence-electron chi connectivity index (χ2n) is 6.89. The molecule has 1 aliphatic heterocycles. The first kappa shape index (κ1) is 19.2. The Kier molecular flexibility index (Phi) is 5.41. The van der Waals surface area contributed by atoms with Crippen LogP contribution in [-0.4, -0.2) is 31.9 Å². The second kappa shape index (κ2) is 7.60. The summed E-state index contributed by atoms with van der Waals surface area (Å²) in [5.41, 5.74) is 2.34. The Hall–Kier alpha value is -2.54. The van der Waals surface area contributed by atoms with Crippen molar-refractivity contribution in [3.8, 4) is 5.75 Å². The minimum atomic E-state index is -3.78. The fraction of sp³-hybridized carbons (Fsp3) is 0.350. The second-order valence-corrected chi connectivity index (χ2v) is 8.57. The molecule has 0 saturated carbocycles. The van der Waals surface area contributed by atoms with Gasteiger partial charge in [0.05, 0.1) is 16.7 Å². The number of carbonyl (C=O) groups is 1. The van der Waals surface area contributed by atoms with E-state index in [0.29, 0.717) is 24.5 Å². The highest BCUT2D eigenvalue weighted by molar-refractivity contribution is 7.92. The van der Waals surface area contributed by atoms with Gasteiger partial charge in [-0.15, -0.1) is 0 Å². The summed E-state index contributed by atoms with van der Waals surface area (Å²) < 4.78 is 34.1. The molecule has 0 fully saturated rings. The highest BCUT2D eigenvalue weighted by Gasteiger charge is 2.22. The molecule has 0 aliphatic carbocycles. The SMILES string of the molecule is CC(=O)N1CCc2ccc(S(=O)(=O)Nc3ccccc3OC(C)C)cc2C1. The molecule has 2 aromatic carbocycles. The van der Waals surface area contributed by atoms with Gasteiger partial charge in [0.15, 0.2) is 0 Å². The molecule has 27 heavy (non-hydrogen) atoms. The number of para-hydroxylation sites is 2. The Balaban J connectivity index is 1.89. The zero-order valence-electron chi connectivity index (χ0n) is 15.7. The molecule has 0 unspecified atom stereocenters. The van der Waals surface area contributed by atoms with Gasteiger partial charge < -0.3 is 9.64 Å². The van der Waals surface area contributed by atoms with Gasteiger partial charge >= 0.3 is 0 Å². The Morgan fingerprint density at radius 1 is 1.15 bits per heavy atom. The number of hydrogen-bond acceptors (Lipinski definition) is 4. The Morgan fingerprint density at radius 2 is 1.89 bits per heavy atom. The summed E-state index contributed by atoms with van der Waals surface area (Å²) in [6.07, 6.45) is 0.658. The summed E-state index contributed by atoms with van der Waals surface area (Å²) in [7, 11) is -3.78. The average molecular weight is 388 g/mol. The average Bonchev–Trinajstić information content (AvgIpc) is 2.61. The van der Waals surface area contributed by atoms with Crippen molar-refractivity contribution in [2.45, 2.75) is 44.7 Å². The van der Waals surface area contributed by atoms with Crippen LogP contribution in [0.25, 0.3) is 0 Å². The molecule has 1 heterocycles. The van der Waals surface area contributed by atoms with Crippen LogP contribution < -0.4 is 9.46 Å². The maximum atomic E-state index is 12.9. The van der Waals surface area contributed by atoms with Crippen molar-refractivity contribution in [1.29, 1.82) is 0 Å². The quantitative estimate of drug-likeness (QED) is 0.854. The highest BCUT2D eigenvalue weighted by atomic mass is 32.2. The third-order valence-electron chi connectivity index (χ3n) is 4.44. The summed E-state index contributed by atoms with van der Waals surface area (Å²) in [6, 6.07) is 12.0. The van der Waals surface area contributed by atoms with Crippen molar-refractivity contribution in [2.75, 3.05) is 11.3 Å². The van der Waals surface area contributed by atoms with Crippen LogP contribution in [0.1, 0.15) is 31.9 Å². The van der Waals surface area contributed by atoms with E-state index < -0.39 is 10.0 Å². The molecule has 144 valence electrons. The monoisotopic (exact) mass is 388 g/mol. The molecule has 0 saturated heterocycles. The molecule has 0 radical (unpaired) electrons. The van der Waals surface area contributed by atoms with E-state index in [1.165, 1.54) is 6.92 Å². The van der Waals surface area contributed by atoms with Crippen molar-refractivity contribution in [2.24, 2.45) is 0 Å². The molecule has 3 rings (SSSR count). The Labute approximate surface area is 160 Å². The molecule has 1 N–H and O–H groups in total. The smallest absolute Gasteiger partial charge is 0.262 e. The summed E-state index contributed by atoms with van der Waals surface area (Å²) in [5.74, 6) is 0.476. The molecule has 1 amide bonds. The number of hydrogen-bond donors (Lipinski definition) is 1. The number of ether oxygens (including phenoxy) is 1. The van der Waals surface area contributed by atoms with Gasteiger partial charge in [0.1, 0.15) is 5.75 Å². The summed E-state index contributed by atoms with van der Waals surface area (Å²) in [4.78, 5) is 13.5. The summed E-state index contributed by atoms with van der Waals surface area (Å²) >= 11 is 0. The molecule has 1 aliphatic rings. The molecule has 0 spiro atoms. The van der Waals surface area contributed by atoms with Crippen LogP contribution in [0.5, 0.6) is 5.75 Å². The van der Waals surface area contributed by atoms with Crippen LogP contribution in [-0.2, 0) is 27.8 Å². The van der Waals surface area contributed by atoms with Crippen molar-refractivity contribution in [3.05, 3.63) is 53.6 Å². The van der Waals surface area contributed by atoms with E-state index >= 15 is 0 Å². The lowest BCUT2D eigenvalue weighted by Gasteiger charge is -2.28. The number of sulfonamides is 1. The molecular weight excluding hydrogens is 364 g/mol. The Morgan fingerprint density at radius 3 is 2.59 bits per heavy atom. The molecule has 7 heteroatoms. The lowest BCUT2D eigenvalue weighted by molar-refractivity contribution is -0.129. The van der Waals surface area contributed by atoms with Crippen LogP contribution >= 0.6 is 0 Å². The normalized spacial score (nSPS) is 14.0. The number of benzene rings is 2. The predicted octanol–water partition coefficient (Wildman–Crippen LogP) is 3.18. The molecular formula is C20H24N2O4S. The van der Waals surface area contributed by atoms with Gasteiger partial charge in [-0.1, -0.05) is 18.2 Å². The zero-order chi connectivity index (χ0) is 19.6. The van der Waals surface area contributed by atoms with E-state index in [9.17, 15) is 13.2 Å². The van der Waals surface area contributed by atoms with Gasteiger partial charge in [0.25, 0.3) is 10.0 Å². The topological polar surface area (TPSA) is 75.7 Å². The minimum absolute atomic E-state index is 0.00760. The van der Waals surface area contributed by atoms with Crippen molar-refractivity contribution >= 4 is 21.6 Å². The van der Waals surface area contributed by atoms with Gasteiger partial charge in [0, 0.05) is 20.0 Å². The number of nitrogens with one attached hydrogen (secondary N) is 1. The number of amides is 1. The first-order valence-electron chi connectivity index (χ1n) is 8.92. The molecule has 0 bridgehead atoms. The largest absolute Gasteiger partial charge is 0.489 e. The maximum absolute atomic E-state index is 12.9. The van der Waals surface area contributed by atoms with E-state index in [4.69, 9.17) is 4.74 Å². The molecule has 0 atom stereocenters. The third kappa shape index (κ3) is 4.42. The standard InChI is InChI=1S/C20H24N2O4S/c1-14(2)26-20-7-5-4-6-19(20)21-27(24,25)18-9-8-16-10-11-22(15(3)23)13-17(16)12-18/h4-9,12,14,21H,10-11,13H2,1-3H3. The van der Waals surface area contributed by atoms with Crippen LogP contribution in [0.15, 0.2) is 47.4 Å². The number of nitrogens with zero attached hydrogens (tertiary/aromatic N) is 1. The van der Waals surface area contributed by atoms with Crippen molar-refractivity contribution in [1.82, 2.24) is 4.90 Å². The van der Waals surface area contributed by atoms with Gasteiger partial charge in [-0.25, -0.2) is 8.42 Å². The van der Waals surface area contributed by atoms with E-state index in [0.717, 1.165) is 17.5 Å². The van der Waals surface area contributed by atoms with Gasteiger partial charge in [-0.3, -0.25) is 9.52 Å². The van der Waals surface area contributed by atoms with Crippen LogP contribution in [0.3, 0.4) is 0 Å². The van der Waals surface area contributed by atoms with Crippen LogP contribution in [0.4, 0.5) is 5.69 Å². The van der Waals surface area contributed by atoms with E-state index in [2.05, 4.69) is 4.72 Å². The Bertz CT molecular complexity index is 954. The predicted molar refractivity (Wildman–Crippen MR) is 104 cm³/mol. The first-order chi connectivity index (χ1) is 12.8. The minimum Gasteiger partial charge on any atom is -0.489 e. The highest BCUT2D eigenvalue weighted by Crippen LogP contribution is 2.29. The lowest BCUT2D eigenvalue weighted by Crippen LogP contribution is -2.34. The maximum Gasteiger partial charge on any atom is 0.262 e. The molecule has 2 aromatic rings. The number of fused-ring (bicyclic) bond motifs is 1. The van der Waals surface area contributed by atoms with E-state index in [-0.39, 0.29) is 16.9 Å². The zero-order valence-corrected chi connectivity index (χ0v) is 16.5. The van der Waals surface area contributed by atoms with Gasteiger partial charge in [0.2, 0.25) is 5.91 Å². The molecule has 0 aromatic heterocycles. The van der Waals surface area contributed by atoms with E-state index in [1.807, 2.05) is 19.9 Å². The fourth-order valence-corrected chi connectivity index (χ4v) is 4.20. The van der Waals surface area contributed by atoms with Crippen LogP contribution in [0.2, 0.25) is 0 Å². The van der Waals surface area contributed by atoms with E-state index in [1.54, 1.807) is 41.3 Å². The summed E-state index contributed by atoms with van der Waals surface area (Å²) in [6.45, 7) is 6.39. The van der Waals surface area contributed by atoms with Gasteiger partial charge in [-0.2, -0.15) is 0 Å². The van der Waals surface area contributed by atoms with Gasteiger partial charge in [-0.05, 0) is 55.7 Å². The van der Waals surface area contributed by atoms with Crippen molar-refractivity contribution in [3.63, 3.8) is 0 Å². The number of anilines is 1. The first-order valence-corrected chi connectivity index (χ1v) is 10.4. The third-order valence-corrected chi connectivity index (χ3v) is 5.80. The summed E-state index contributed by atoms with van der Waals surface area (Å²) in [5, 5.41) is 0. The van der Waals surface area contributed by atoms with Crippen LogP contribution in [0, 0.1) is 0 Å². The molecule has 6 nitrogen and oxygen atoms in total. The number of rotatable bonds is 5. The fourth-order valence-electron chi connectivity index (χ4n) is 3.08. The number of carbonyl (C=O) groups excluding carboxylic acids is 1.